The van der Waals surface area contributed by atoms with Crippen LogP contribution in [-0.4, -0.2) is 29.6 Å². The minimum Gasteiger partial charge on any atom is -0.359 e. The molecule has 0 bridgehead atoms. The van der Waals surface area contributed by atoms with E-state index in [1.807, 2.05) is 0 Å². The highest BCUT2D eigenvalue weighted by Gasteiger charge is 2.22. The Morgan fingerprint density at radius 2 is 1.35 bits per heavy atom. The highest BCUT2D eigenvalue weighted by molar-refractivity contribution is 4.95. The van der Waals surface area contributed by atoms with Gasteiger partial charge >= 0.3 is 0 Å². The molecule has 0 saturated heterocycles. The predicted molar refractivity (Wildman–Crippen MR) is 89.5 cm³/mol. The molecule has 0 radical (unpaired) electrons. The molecule has 0 spiro atoms. The molecule has 20 heavy (non-hydrogen) atoms. The lowest BCUT2D eigenvalue weighted by Crippen LogP contribution is -2.36. The van der Waals surface area contributed by atoms with Crippen LogP contribution in [-0.2, 0) is 0 Å². The smallest absolute Gasteiger partial charge is 0.100 e. The first-order valence-electron chi connectivity index (χ1n) is 8.95. The molecule has 2 heteroatoms. The highest BCUT2D eigenvalue weighted by Crippen LogP contribution is 2.20. The zero-order valence-corrected chi connectivity index (χ0v) is 14.1. The van der Waals surface area contributed by atoms with E-state index < -0.39 is 0 Å². The lowest BCUT2D eigenvalue weighted by molar-refractivity contribution is 0.159. The third-order valence-corrected chi connectivity index (χ3v) is 4.43. The average molecular weight is 281 g/mol. The summed E-state index contributed by atoms with van der Waals surface area (Å²) >= 11 is 0. The SMILES string of the molecule is CCCCCCCCCN1C=CN(C)C1CCCCC. The van der Waals surface area contributed by atoms with Crippen molar-refractivity contribution in [1.82, 2.24) is 9.80 Å². The monoisotopic (exact) mass is 280 g/mol. The number of rotatable bonds is 12. The summed E-state index contributed by atoms with van der Waals surface area (Å²) in [7, 11) is 2.22. The Kier molecular flexibility index (Phi) is 9.61. The van der Waals surface area contributed by atoms with Gasteiger partial charge in [0.25, 0.3) is 0 Å². The van der Waals surface area contributed by atoms with E-state index >= 15 is 0 Å². The predicted octanol–water partition coefficient (Wildman–Crippen LogP) is 5.36. The van der Waals surface area contributed by atoms with Crippen LogP contribution in [0.15, 0.2) is 12.4 Å². The molecule has 1 aliphatic rings. The zero-order chi connectivity index (χ0) is 14.6. The minimum absolute atomic E-state index is 0.627. The maximum Gasteiger partial charge on any atom is 0.100 e. The molecule has 1 unspecified atom stereocenters. The van der Waals surface area contributed by atoms with Crippen molar-refractivity contribution in [3.8, 4) is 0 Å². The van der Waals surface area contributed by atoms with E-state index in [-0.39, 0.29) is 0 Å². The van der Waals surface area contributed by atoms with Gasteiger partial charge < -0.3 is 9.80 Å². The first-order chi connectivity index (χ1) is 9.79. The Morgan fingerprint density at radius 1 is 0.750 bits per heavy atom. The van der Waals surface area contributed by atoms with Gasteiger partial charge in [-0.1, -0.05) is 65.2 Å². The Morgan fingerprint density at radius 3 is 2.05 bits per heavy atom. The molecule has 2 nitrogen and oxygen atoms in total. The standard InChI is InChI=1S/C18H36N2/c1-4-6-8-9-10-11-13-15-20-17-16-19(3)18(20)14-12-7-5-2/h16-18H,4-15H2,1-3H3. The maximum atomic E-state index is 2.56. The summed E-state index contributed by atoms with van der Waals surface area (Å²) < 4.78 is 0. The van der Waals surface area contributed by atoms with Gasteiger partial charge in [0.05, 0.1) is 0 Å². The van der Waals surface area contributed by atoms with Crippen LogP contribution in [0.5, 0.6) is 0 Å². The second-order valence-corrected chi connectivity index (χ2v) is 6.30. The van der Waals surface area contributed by atoms with Crippen molar-refractivity contribution in [3.05, 3.63) is 12.4 Å². The summed E-state index contributed by atoms with van der Waals surface area (Å²) in [5, 5.41) is 0. The first-order valence-corrected chi connectivity index (χ1v) is 8.95. The molecule has 118 valence electrons. The number of nitrogens with zero attached hydrogens (tertiary/aromatic N) is 2. The number of hydrogen-bond acceptors (Lipinski definition) is 2. The van der Waals surface area contributed by atoms with Crippen molar-refractivity contribution >= 4 is 0 Å². The second kappa shape index (κ2) is 11.0. The van der Waals surface area contributed by atoms with Gasteiger partial charge in [0, 0.05) is 26.0 Å². The van der Waals surface area contributed by atoms with E-state index in [1.54, 1.807) is 0 Å². The molecular formula is C18H36N2. The van der Waals surface area contributed by atoms with Crippen LogP contribution in [0.2, 0.25) is 0 Å². The maximum absolute atomic E-state index is 2.56. The van der Waals surface area contributed by atoms with Crippen molar-refractivity contribution in [1.29, 1.82) is 0 Å². The largest absolute Gasteiger partial charge is 0.359 e. The minimum atomic E-state index is 0.627. The second-order valence-electron chi connectivity index (χ2n) is 6.30. The van der Waals surface area contributed by atoms with Crippen molar-refractivity contribution in [3.63, 3.8) is 0 Å². The average Bonchev–Trinajstić information content (AvgIpc) is 2.79. The lowest BCUT2D eigenvalue weighted by atomic mass is 10.1. The molecule has 0 fully saturated rings. The van der Waals surface area contributed by atoms with Crippen LogP contribution in [0.4, 0.5) is 0 Å². The molecule has 1 rings (SSSR count). The fourth-order valence-electron chi connectivity index (χ4n) is 3.04. The summed E-state index contributed by atoms with van der Waals surface area (Å²) in [6.07, 6.45) is 20.4. The molecule has 0 aromatic carbocycles. The molecule has 0 saturated carbocycles. The summed E-state index contributed by atoms with van der Waals surface area (Å²) in [4.78, 5) is 4.94. The van der Waals surface area contributed by atoms with Crippen LogP contribution in [0, 0.1) is 0 Å². The van der Waals surface area contributed by atoms with Gasteiger partial charge in [0.1, 0.15) is 6.17 Å². The van der Waals surface area contributed by atoms with Crippen LogP contribution in [0.1, 0.15) is 84.5 Å². The van der Waals surface area contributed by atoms with Crippen LogP contribution < -0.4 is 0 Å². The molecule has 0 amide bonds. The summed E-state index contributed by atoms with van der Waals surface area (Å²) in [6, 6.07) is 0. The van der Waals surface area contributed by atoms with Gasteiger partial charge in [-0.25, -0.2) is 0 Å². The fourth-order valence-corrected chi connectivity index (χ4v) is 3.04. The van der Waals surface area contributed by atoms with Crippen molar-refractivity contribution in [2.24, 2.45) is 0 Å². The molecule has 0 N–H and O–H groups in total. The summed E-state index contributed by atoms with van der Waals surface area (Å²) in [5.41, 5.74) is 0. The third kappa shape index (κ3) is 6.67. The van der Waals surface area contributed by atoms with E-state index in [0.29, 0.717) is 6.17 Å². The van der Waals surface area contributed by atoms with Gasteiger partial charge in [-0.15, -0.1) is 0 Å². The highest BCUT2D eigenvalue weighted by atomic mass is 15.4. The third-order valence-electron chi connectivity index (χ3n) is 4.43. The fraction of sp³-hybridized carbons (Fsp3) is 0.889. The van der Waals surface area contributed by atoms with Gasteiger partial charge in [0.15, 0.2) is 0 Å². The van der Waals surface area contributed by atoms with Crippen molar-refractivity contribution < 1.29 is 0 Å². The Balaban J connectivity index is 2.09. The number of hydrogen-bond donors (Lipinski definition) is 0. The Hall–Kier alpha value is -0.660. The normalized spacial score (nSPS) is 18.2. The van der Waals surface area contributed by atoms with Crippen LogP contribution >= 0.6 is 0 Å². The van der Waals surface area contributed by atoms with E-state index in [2.05, 4.69) is 43.1 Å². The van der Waals surface area contributed by atoms with Gasteiger partial charge in [-0.3, -0.25) is 0 Å². The molecular weight excluding hydrogens is 244 g/mol. The topological polar surface area (TPSA) is 6.48 Å². The van der Waals surface area contributed by atoms with E-state index in [0.717, 1.165) is 0 Å². The molecule has 0 aliphatic carbocycles. The summed E-state index contributed by atoms with van der Waals surface area (Å²) in [5.74, 6) is 0. The zero-order valence-electron chi connectivity index (χ0n) is 14.1. The van der Waals surface area contributed by atoms with E-state index in [9.17, 15) is 0 Å². The molecule has 1 atom stereocenters. The van der Waals surface area contributed by atoms with Crippen molar-refractivity contribution in [2.75, 3.05) is 13.6 Å². The van der Waals surface area contributed by atoms with Crippen molar-refractivity contribution in [2.45, 2.75) is 90.6 Å². The molecule has 0 aromatic heterocycles. The van der Waals surface area contributed by atoms with Crippen LogP contribution in [0.3, 0.4) is 0 Å². The van der Waals surface area contributed by atoms with E-state index in [4.69, 9.17) is 0 Å². The molecule has 0 aromatic rings. The first kappa shape index (κ1) is 17.4. The Bertz CT molecular complexity index is 250. The van der Waals surface area contributed by atoms with Gasteiger partial charge in [-0.2, -0.15) is 0 Å². The summed E-state index contributed by atoms with van der Waals surface area (Å²) in [6.45, 7) is 5.81. The van der Waals surface area contributed by atoms with Crippen LogP contribution in [0.25, 0.3) is 0 Å². The quantitative estimate of drug-likeness (QED) is 0.444. The van der Waals surface area contributed by atoms with E-state index in [1.165, 1.54) is 77.2 Å². The van der Waals surface area contributed by atoms with Gasteiger partial charge in [-0.05, 0) is 19.3 Å². The number of unbranched alkanes of at least 4 members (excludes halogenated alkanes) is 8. The van der Waals surface area contributed by atoms with Gasteiger partial charge in [0.2, 0.25) is 0 Å². The lowest BCUT2D eigenvalue weighted by Gasteiger charge is -2.30. The Labute approximate surface area is 127 Å². The molecule has 1 aliphatic heterocycles. The molecule has 1 heterocycles.